The van der Waals surface area contributed by atoms with Gasteiger partial charge >= 0.3 is 0 Å². The Hall–Kier alpha value is -2.12. The zero-order valence-corrected chi connectivity index (χ0v) is 18.8. The fourth-order valence-electron chi connectivity index (χ4n) is 3.02. The van der Waals surface area contributed by atoms with Gasteiger partial charge in [0.05, 0.1) is 5.75 Å². The van der Waals surface area contributed by atoms with Crippen molar-refractivity contribution in [2.75, 3.05) is 5.75 Å². The van der Waals surface area contributed by atoms with Crippen molar-refractivity contribution in [3.63, 3.8) is 0 Å². The van der Waals surface area contributed by atoms with E-state index < -0.39 is 0 Å². The second-order valence-electron chi connectivity index (χ2n) is 7.55. The van der Waals surface area contributed by atoms with Crippen molar-refractivity contribution < 1.29 is 4.79 Å². The average molecular weight is 429 g/mol. The molecule has 7 heteroatoms. The molecule has 3 aromatic rings. The van der Waals surface area contributed by atoms with E-state index in [2.05, 4.69) is 52.3 Å². The molecule has 0 spiro atoms. The summed E-state index contributed by atoms with van der Waals surface area (Å²) in [6.07, 6.45) is 2.83. The number of para-hydroxylation sites is 1. The van der Waals surface area contributed by atoms with Crippen molar-refractivity contribution in [1.29, 1.82) is 0 Å². The van der Waals surface area contributed by atoms with Gasteiger partial charge in [0.1, 0.15) is 5.82 Å². The molecule has 0 aliphatic rings. The Bertz CT molecular complexity index is 891. The van der Waals surface area contributed by atoms with Crippen LogP contribution in [-0.2, 0) is 11.2 Å². The summed E-state index contributed by atoms with van der Waals surface area (Å²) in [5.74, 6) is 1.89. The van der Waals surface area contributed by atoms with Gasteiger partial charge in [0.2, 0.25) is 5.91 Å². The fourth-order valence-corrected chi connectivity index (χ4v) is 4.50. The van der Waals surface area contributed by atoms with E-state index in [1.165, 1.54) is 16.6 Å². The van der Waals surface area contributed by atoms with Crippen LogP contribution in [0.4, 0.5) is 0 Å². The summed E-state index contributed by atoms with van der Waals surface area (Å²) in [5, 5.41) is 14.7. The van der Waals surface area contributed by atoms with E-state index in [0.29, 0.717) is 11.7 Å². The van der Waals surface area contributed by atoms with E-state index in [0.717, 1.165) is 35.9 Å². The molecule has 2 heterocycles. The van der Waals surface area contributed by atoms with E-state index >= 15 is 0 Å². The van der Waals surface area contributed by atoms with Gasteiger partial charge in [0, 0.05) is 23.0 Å². The zero-order chi connectivity index (χ0) is 20.6. The third kappa shape index (κ3) is 6.44. The van der Waals surface area contributed by atoms with E-state index in [1.54, 1.807) is 11.3 Å². The Balaban J connectivity index is 1.69. The van der Waals surface area contributed by atoms with Crippen LogP contribution in [0.15, 0.2) is 53.0 Å². The largest absolute Gasteiger partial charge is 0.353 e. The minimum absolute atomic E-state index is 0.0358. The fraction of sp³-hybridized carbons (Fsp3) is 0.409. The molecule has 1 atom stereocenters. The van der Waals surface area contributed by atoms with Gasteiger partial charge in [-0.3, -0.25) is 9.36 Å². The van der Waals surface area contributed by atoms with Crippen LogP contribution in [0.25, 0.3) is 5.69 Å². The van der Waals surface area contributed by atoms with E-state index in [9.17, 15) is 4.79 Å². The molecular formula is C22H28N4OS2. The lowest BCUT2D eigenvalue weighted by molar-refractivity contribution is -0.119. The van der Waals surface area contributed by atoms with Crippen LogP contribution in [0.1, 0.15) is 44.3 Å². The topological polar surface area (TPSA) is 59.8 Å². The number of carbonyl (C=O) groups excluding carboxylic acids is 1. The average Bonchev–Trinajstić information content (AvgIpc) is 3.35. The molecule has 0 fully saturated rings. The number of nitrogens with one attached hydrogen (secondary N) is 1. The molecule has 0 radical (unpaired) electrons. The molecular weight excluding hydrogens is 400 g/mol. The lowest BCUT2D eigenvalue weighted by Gasteiger charge is -2.15. The van der Waals surface area contributed by atoms with Crippen molar-refractivity contribution >= 4 is 29.0 Å². The van der Waals surface area contributed by atoms with Gasteiger partial charge in [-0.05, 0) is 49.3 Å². The van der Waals surface area contributed by atoms with Crippen molar-refractivity contribution in [2.45, 2.75) is 51.2 Å². The highest BCUT2D eigenvalue weighted by molar-refractivity contribution is 7.99. The van der Waals surface area contributed by atoms with Gasteiger partial charge < -0.3 is 5.32 Å². The Morgan fingerprint density at radius 2 is 1.90 bits per heavy atom. The van der Waals surface area contributed by atoms with E-state index in [4.69, 9.17) is 0 Å². The van der Waals surface area contributed by atoms with Crippen LogP contribution < -0.4 is 5.32 Å². The molecule has 0 aliphatic carbocycles. The first-order valence-electron chi connectivity index (χ1n) is 9.97. The molecule has 0 saturated heterocycles. The first-order valence-corrected chi connectivity index (χ1v) is 11.8. The zero-order valence-electron chi connectivity index (χ0n) is 17.2. The summed E-state index contributed by atoms with van der Waals surface area (Å²) in [7, 11) is 0. The molecule has 29 heavy (non-hydrogen) atoms. The molecule has 2 aromatic heterocycles. The molecule has 1 amide bonds. The van der Waals surface area contributed by atoms with Crippen molar-refractivity contribution in [3.8, 4) is 5.69 Å². The first-order chi connectivity index (χ1) is 14.0. The lowest BCUT2D eigenvalue weighted by atomic mass is 10.0. The molecule has 1 unspecified atom stereocenters. The minimum Gasteiger partial charge on any atom is -0.353 e. The van der Waals surface area contributed by atoms with Gasteiger partial charge in [-0.25, -0.2) is 0 Å². The molecule has 1 aromatic carbocycles. The second-order valence-corrected chi connectivity index (χ2v) is 9.53. The maximum absolute atomic E-state index is 12.4. The Morgan fingerprint density at radius 1 is 1.10 bits per heavy atom. The van der Waals surface area contributed by atoms with Crippen LogP contribution in [0.2, 0.25) is 0 Å². The second kappa shape index (κ2) is 10.6. The van der Waals surface area contributed by atoms with Crippen LogP contribution in [0, 0.1) is 5.92 Å². The summed E-state index contributed by atoms with van der Waals surface area (Å²) < 4.78 is 2.06. The number of aromatic nitrogens is 3. The highest BCUT2D eigenvalue weighted by atomic mass is 32.2. The van der Waals surface area contributed by atoms with Crippen LogP contribution in [-0.4, -0.2) is 32.5 Å². The SMILES string of the molecule is CC(C)CCC(C)NC(=O)CSc1nnc(Cc2cccs2)n1-c1ccccc1. The number of carbonyl (C=O) groups is 1. The predicted molar refractivity (Wildman–Crippen MR) is 121 cm³/mol. The van der Waals surface area contributed by atoms with E-state index in [1.807, 2.05) is 36.4 Å². The van der Waals surface area contributed by atoms with Gasteiger partial charge in [-0.1, -0.05) is 49.9 Å². The van der Waals surface area contributed by atoms with Crippen molar-refractivity contribution in [1.82, 2.24) is 20.1 Å². The number of amides is 1. The van der Waals surface area contributed by atoms with Crippen molar-refractivity contribution in [3.05, 3.63) is 58.5 Å². The summed E-state index contributed by atoms with van der Waals surface area (Å²) in [6.45, 7) is 6.47. The monoisotopic (exact) mass is 428 g/mol. The van der Waals surface area contributed by atoms with E-state index in [-0.39, 0.29) is 11.9 Å². The Kier molecular flexibility index (Phi) is 7.89. The highest BCUT2D eigenvalue weighted by Gasteiger charge is 2.17. The molecule has 0 saturated carbocycles. The lowest BCUT2D eigenvalue weighted by Crippen LogP contribution is -2.34. The Labute approximate surface area is 180 Å². The number of benzene rings is 1. The molecule has 0 bridgehead atoms. The van der Waals surface area contributed by atoms with Crippen LogP contribution in [0.5, 0.6) is 0 Å². The first kappa shape index (κ1) is 21.6. The molecule has 154 valence electrons. The summed E-state index contributed by atoms with van der Waals surface area (Å²) in [5.41, 5.74) is 1.01. The van der Waals surface area contributed by atoms with Gasteiger partial charge in [0.15, 0.2) is 5.16 Å². The predicted octanol–water partition coefficient (Wildman–Crippen LogP) is 4.95. The number of nitrogens with zero attached hydrogens (tertiary/aromatic N) is 3. The number of hydrogen-bond acceptors (Lipinski definition) is 5. The summed E-state index contributed by atoms with van der Waals surface area (Å²) in [6, 6.07) is 14.4. The third-order valence-electron chi connectivity index (χ3n) is 4.54. The van der Waals surface area contributed by atoms with Gasteiger partial charge in [-0.2, -0.15) is 0 Å². The maximum atomic E-state index is 12.4. The number of rotatable bonds is 10. The molecule has 1 N–H and O–H groups in total. The summed E-state index contributed by atoms with van der Waals surface area (Å²) in [4.78, 5) is 13.6. The molecule has 0 aliphatic heterocycles. The van der Waals surface area contributed by atoms with Crippen LogP contribution in [0.3, 0.4) is 0 Å². The smallest absolute Gasteiger partial charge is 0.230 e. The summed E-state index contributed by atoms with van der Waals surface area (Å²) >= 11 is 3.14. The quantitative estimate of drug-likeness (QED) is 0.464. The molecule has 5 nitrogen and oxygen atoms in total. The minimum atomic E-state index is 0.0358. The maximum Gasteiger partial charge on any atom is 0.230 e. The normalized spacial score (nSPS) is 12.3. The molecule has 3 rings (SSSR count). The third-order valence-corrected chi connectivity index (χ3v) is 6.35. The standard InChI is InChI=1S/C22H28N4OS2/c1-16(2)11-12-17(3)23-21(27)15-29-22-25-24-20(14-19-10-7-13-28-19)26(22)18-8-5-4-6-9-18/h4-10,13,16-17H,11-12,14-15H2,1-3H3,(H,23,27). The van der Waals surface area contributed by atoms with Gasteiger partial charge in [-0.15, -0.1) is 21.5 Å². The highest BCUT2D eigenvalue weighted by Crippen LogP contribution is 2.24. The van der Waals surface area contributed by atoms with Crippen molar-refractivity contribution in [2.24, 2.45) is 5.92 Å². The Morgan fingerprint density at radius 3 is 2.59 bits per heavy atom. The number of thioether (sulfide) groups is 1. The number of thiophene rings is 1. The van der Waals surface area contributed by atoms with Crippen LogP contribution >= 0.6 is 23.1 Å². The number of hydrogen-bond donors (Lipinski definition) is 1. The van der Waals surface area contributed by atoms with Gasteiger partial charge in [0.25, 0.3) is 0 Å².